The standard InChI is InChI=1S/C11H14O2/c1-4-11(13-3)9-5-7-10(12-2)8-6-9/h4-8,11H,1H2,2-3H3/t11-/m0/s1. The van der Waals surface area contributed by atoms with E-state index in [0.717, 1.165) is 11.3 Å². The van der Waals surface area contributed by atoms with E-state index in [0.29, 0.717) is 0 Å². The average Bonchev–Trinajstić information content (AvgIpc) is 2.21. The summed E-state index contributed by atoms with van der Waals surface area (Å²) in [5.41, 5.74) is 1.08. The molecule has 70 valence electrons. The van der Waals surface area contributed by atoms with Gasteiger partial charge >= 0.3 is 0 Å². The molecule has 13 heavy (non-hydrogen) atoms. The Bertz CT molecular complexity index is 264. The summed E-state index contributed by atoms with van der Waals surface area (Å²) in [5.74, 6) is 0.850. The van der Waals surface area contributed by atoms with Crippen molar-refractivity contribution in [2.24, 2.45) is 0 Å². The van der Waals surface area contributed by atoms with Crippen molar-refractivity contribution in [3.8, 4) is 5.75 Å². The maximum atomic E-state index is 5.20. The Morgan fingerprint density at radius 2 is 1.85 bits per heavy atom. The van der Waals surface area contributed by atoms with Gasteiger partial charge in [-0.15, -0.1) is 6.58 Å². The molecule has 0 bridgehead atoms. The monoisotopic (exact) mass is 178 g/mol. The number of ether oxygens (including phenoxy) is 2. The van der Waals surface area contributed by atoms with Crippen molar-refractivity contribution >= 4 is 0 Å². The molecule has 0 fully saturated rings. The lowest BCUT2D eigenvalue weighted by molar-refractivity contribution is 0.143. The van der Waals surface area contributed by atoms with Crippen LogP contribution in [0.4, 0.5) is 0 Å². The molecule has 0 aromatic heterocycles. The molecule has 0 aliphatic rings. The first-order valence-corrected chi connectivity index (χ1v) is 4.11. The summed E-state index contributed by atoms with van der Waals surface area (Å²) in [7, 11) is 3.31. The fraction of sp³-hybridized carbons (Fsp3) is 0.273. The number of rotatable bonds is 4. The molecular formula is C11H14O2. The minimum absolute atomic E-state index is 0.0362. The van der Waals surface area contributed by atoms with Gasteiger partial charge in [0.15, 0.2) is 0 Å². The maximum Gasteiger partial charge on any atom is 0.118 e. The number of benzene rings is 1. The van der Waals surface area contributed by atoms with E-state index in [1.54, 1.807) is 20.3 Å². The van der Waals surface area contributed by atoms with Crippen molar-refractivity contribution in [3.63, 3.8) is 0 Å². The van der Waals surface area contributed by atoms with Crippen LogP contribution in [0.5, 0.6) is 5.75 Å². The Balaban J connectivity index is 2.83. The Labute approximate surface area is 78.8 Å². The first-order valence-electron chi connectivity index (χ1n) is 4.11. The predicted octanol–water partition coefficient (Wildman–Crippen LogP) is 2.57. The molecule has 0 N–H and O–H groups in total. The smallest absolute Gasteiger partial charge is 0.118 e. The molecule has 0 aliphatic carbocycles. The van der Waals surface area contributed by atoms with Gasteiger partial charge in [-0.1, -0.05) is 18.2 Å². The molecule has 0 amide bonds. The average molecular weight is 178 g/mol. The van der Waals surface area contributed by atoms with Crippen LogP contribution in [0, 0.1) is 0 Å². The summed E-state index contributed by atoms with van der Waals surface area (Å²) < 4.78 is 10.2. The third kappa shape index (κ3) is 2.33. The third-order valence-corrected chi connectivity index (χ3v) is 1.91. The molecule has 0 radical (unpaired) electrons. The van der Waals surface area contributed by atoms with E-state index >= 15 is 0 Å². The van der Waals surface area contributed by atoms with E-state index in [1.807, 2.05) is 24.3 Å². The molecule has 2 heteroatoms. The summed E-state index contributed by atoms with van der Waals surface area (Å²) in [6.07, 6.45) is 1.73. The second-order valence-corrected chi connectivity index (χ2v) is 2.67. The Hall–Kier alpha value is -1.28. The summed E-state index contributed by atoms with van der Waals surface area (Å²) in [6, 6.07) is 7.75. The van der Waals surface area contributed by atoms with Crippen molar-refractivity contribution < 1.29 is 9.47 Å². The quantitative estimate of drug-likeness (QED) is 0.660. The van der Waals surface area contributed by atoms with Crippen LogP contribution in [-0.2, 0) is 4.74 Å². The zero-order valence-electron chi connectivity index (χ0n) is 7.99. The Morgan fingerprint density at radius 3 is 2.23 bits per heavy atom. The lowest BCUT2D eigenvalue weighted by Crippen LogP contribution is -1.96. The van der Waals surface area contributed by atoms with Crippen LogP contribution in [0.15, 0.2) is 36.9 Å². The minimum atomic E-state index is -0.0362. The molecule has 0 spiro atoms. The molecule has 0 saturated carbocycles. The third-order valence-electron chi connectivity index (χ3n) is 1.91. The number of hydrogen-bond acceptors (Lipinski definition) is 2. The van der Waals surface area contributed by atoms with Gasteiger partial charge in [-0.05, 0) is 17.7 Å². The normalized spacial score (nSPS) is 12.2. The van der Waals surface area contributed by atoms with E-state index < -0.39 is 0 Å². The van der Waals surface area contributed by atoms with Gasteiger partial charge < -0.3 is 9.47 Å². The van der Waals surface area contributed by atoms with Crippen LogP contribution >= 0.6 is 0 Å². The lowest BCUT2D eigenvalue weighted by Gasteiger charge is -2.10. The highest BCUT2D eigenvalue weighted by molar-refractivity contribution is 5.29. The molecule has 0 unspecified atom stereocenters. The zero-order chi connectivity index (χ0) is 9.68. The molecule has 1 rings (SSSR count). The summed E-state index contributed by atoms with van der Waals surface area (Å²) in [4.78, 5) is 0. The van der Waals surface area contributed by atoms with E-state index in [9.17, 15) is 0 Å². The molecular weight excluding hydrogens is 164 g/mol. The second-order valence-electron chi connectivity index (χ2n) is 2.67. The molecule has 0 heterocycles. The lowest BCUT2D eigenvalue weighted by atomic mass is 10.1. The van der Waals surface area contributed by atoms with Crippen molar-refractivity contribution in [2.45, 2.75) is 6.10 Å². The van der Waals surface area contributed by atoms with Gasteiger partial charge in [-0.25, -0.2) is 0 Å². The van der Waals surface area contributed by atoms with E-state index in [2.05, 4.69) is 6.58 Å². The number of hydrogen-bond donors (Lipinski definition) is 0. The van der Waals surface area contributed by atoms with Crippen molar-refractivity contribution in [1.29, 1.82) is 0 Å². The summed E-state index contributed by atoms with van der Waals surface area (Å²) in [6.45, 7) is 3.69. The van der Waals surface area contributed by atoms with E-state index in [4.69, 9.17) is 9.47 Å². The largest absolute Gasteiger partial charge is 0.497 e. The van der Waals surface area contributed by atoms with Gasteiger partial charge in [0.25, 0.3) is 0 Å². The van der Waals surface area contributed by atoms with Gasteiger partial charge in [-0.2, -0.15) is 0 Å². The van der Waals surface area contributed by atoms with E-state index in [-0.39, 0.29) is 6.10 Å². The fourth-order valence-corrected chi connectivity index (χ4v) is 1.16. The second kappa shape index (κ2) is 4.67. The Kier molecular flexibility index (Phi) is 3.53. The highest BCUT2D eigenvalue weighted by atomic mass is 16.5. The topological polar surface area (TPSA) is 18.5 Å². The van der Waals surface area contributed by atoms with Crippen LogP contribution in [0.1, 0.15) is 11.7 Å². The SMILES string of the molecule is C=C[C@H](OC)c1ccc(OC)cc1. The van der Waals surface area contributed by atoms with E-state index in [1.165, 1.54) is 0 Å². The predicted molar refractivity (Wildman–Crippen MR) is 52.9 cm³/mol. The first kappa shape index (κ1) is 9.81. The molecule has 1 aromatic rings. The van der Waals surface area contributed by atoms with Crippen LogP contribution in [-0.4, -0.2) is 14.2 Å². The van der Waals surface area contributed by atoms with Gasteiger partial charge in [-0.3, -0.25) is 0 Å². The van der Waals surface area contributed by atoms with Gasteiger partial charge in [0.2, 0.25) is 0 Å². The highest BCUT2D eigenvalue weighted by Crippen LogP contribution is 2.20. The maximum absolute atomic E-state index is 5.20. The summed E-state index contributed by atoms with van der Waals surface area (Å²) >= 11 is 0. The first-order chi connectivity index (χ1) is 6.31. The summed E-state index contributed by atoms with van der Waals surface area (Å²) in [5, 5.41) is 0. The molecule has 1 aromatic carbocycles. The van der Waals surface area contributed by atoms with Crippen LogP contribution in [0.25, 0.3) is 0 Å². The van der Waals surface area contributed by atoms with Crippen molar-refractivity contribution in [1.82, 2.24) is 0 Å². The van der Waals surface area contributed by atoms with Crippen LogP contribution < -0.4 is 4.74 Å². The zero-order valence-corrected chi connectivity index (χ0v) is 7.99. The molecule has 1 atom stereocenters. The van der Waals surface area contributed by atoms with Gasteiger partial charge in [0.05, 0.1) is 13.2 Å². The number of methoxy groups -OCH3 is 2. The molecule has 0 saturated heterocycles. The van der Waals surface area contributed by atoms with Crippen LogP contribution in [0.3, 0.4) is 0 Å². The van der Waals surface area contributed by atoms with Crippen molar-refractivity contribution in [2.75, 3.05) is 14.2 Å². The van der Waals surface area contributed by atoms with Gasteiger partial charge in [0.1, 0.15) is 5.75 Å². The Morgan fingerprint density at radius 1 is 1.23 bits per heavy atom. The van der Waals surface area contributed by atoms with Crippen LogP contribution in [0.2, 0.25) is 0 Å². The molecule has 2 nitrogen and oxygen atoms in total. The fourth-order valence-electron chi connectivity index (χ4n) is 1.16. The highest BCUT2D eigenvalue weighted by Gasteiger charge is 2.04. The van der Waals surface area contributed by atoms with Gasteiger partial charge in [0, 0.05) is 7.11 Å². The minimum Gasteiger partial charge on any atom is -0.497 e. The molecule has 0 aliphatic heterocycles. The van der Waals surface area contributed by atoms with Crippen molar-refractivity contribution in [3.05, 3.63) is 42.5 Å².